The molecule has 0 aromatic heterocycles. The molecule has 0 aliphatic heterocycles. The molecule has 0 aromatic carbocycles. The average Bonchev–Trinajstić information content (AvgIpc) is 3.00. The van der Waals surface area contributed by atoms with Crippen LogP contribution in [0.2, 0.25) is 0 Å². The molecule has 0 heterocycles. The van der Waals surface area contributed by atoms with Crippen molar-refractivity contribution in [3.8, 4) is 0 Å². The number of unbranched alkanes of at least 4 members (excludes halogenated alkanes) is 19. The summed E-state index contributed by atoms with van der Waals surface area (Å²) in [5, 5.41) is 8.78. The van der Waals surface area contributed by atoms with Crippen LogP contribution in [-0.2, 0) is 14.3 Å². The monoisotopic (exact) mass is 617 g/mol. The first kappa shape index (κ1) is 42.2. The summed E-state index contributed by atoms with van der Waals surface area (Å²) in [4.78, 5) is 23.3. The molecule has 4 heteroatoms. The van der Waals surface area contributed by atoms with Crippen molar-refractivity contribution in [3.05, 3.63) is 36.5 Å². The number of aliphatic carboxylic acids is 1. The summed E-state index contributed by atoms with van der Waals surface area (Å²) in [5.41, 5.74) is 0. The molecule has 0 aromatic rings. The summed E-state index contributed by atoms with van der Waals surface area (Å²) in [5.74, 6) is -0.708. The minimum Gasteiger partial charge on any atom is -0.481 e. The SMILES string of the molecule is CC/C=C\C/C=C\C/C=C\CCCCCCCCCCCC(=O)OC(CCCCCCCCC)CCCCCCCC(=O)O. The Balaban J connectivity index is 3.88. The summed E-state index contributed by atoms with van der Waals surface area (Å²) >= 11 is 0. The number of carboxylic acid groups (broad SMARTS) is 1. The fraction of sp³-hybridized carbons (Fsp3) is 0.800. The molecule has 44 heavy (non-hydrogen) atoms. The Kier molecular flexibility index (Phi) is 34.1. The number of ether oxygens (including phenoxy) is 1. The van der Waals surface area contributed by atoms with Gasteiger partial charge in [-0.2, -0.15) is 0 Å². The molecule has 1 atom stereocenters. The van der Waals surface area contributed by atoms with E-state index in [1.165, 1.54) is 89.9 Å². The molecule has 0 saturated carbocycles. The first-order chi connectivity index (χ1) is 21.6. The zero-order chi connectivity index (χ0) is 32.2. The third-order valence-electron chi connectivity index (χ3n) is 8.38. The largest absolute Gasteiger partial charge is 0.481 e. The summed E-state index contributed by atoms with van der Waals surface area (Å²) < 4.78 is 5.96. The van der Waals surface area contributed by atoms with E-state index in [2.05, 4.69) is 50.3 Å². The topological polar surface area (TPSA) is 63.6 Å². The summed E-state index contributed by atoms with van der Waals surface area (Å²) in [6.45, 7) is 4.42. The van der Waals surface area contributed by atoms with Gasteiger partial charge in [0, 0.05) is 12.8 Å². The second-order valence-electron chi connectivity index (χ2n) is 12.7. The molecule has 4 nitrogen and oxygen atoms in total. The second kappa shape index (κ2) is 35.6. The minimum absolute atomic E-state index is 0.00592. The molecule has 0 fully saturated rings. The van der Waals surface area contributed by atoms with Gasteiger partial charge in [0.05, 0.1) is 0 Å². The Hall–Kier alpha value is -1.84. The standard InChI is InChI=1S/C40H72O4/c1-3-5-7-9-11-12-13-14-15-16-17-18-19-20-21-22-24-29-33-37-40(43)44-38(34-30-26-23-10-8-6-4-2)35-31-27-25-28-32-36-39(41)42/h5,7,11-12,14-15,38H,3-4,6,8-10,13,16-37H2,1-2H3,(H,41,42)/b7-5-,12-11-,15-14-. The third-order valence-corrected chi connectivity index (χ3v) is 8.38. The van der Waals surface area contributed by atoms with E-state index in [4.69, 9.17) is 9.84 Å². The van der Waals surface area contributed by atoms with Crippen molar-refractivity contribution < 1.29 is 19.4 Å². The quantitative estimate of drug-likeness (QED) is 0.0444. The molecule has 0 aliphatic rings. The van der Waals surface area contributed by atoms with Crippen LogP contribution < -0.4 is 0 Å². The van der Waals surface area contributed by atoms with Crippen LogP contribution in [0.25, 0.3) is 0 Å². The molecule has 1 unspecified atom stereocenters. The lowest BCUT2D eigenvalue weighted by atomic mass is 10.0. The number of carbonyl (C=O) groups excluding carboxylic acids is 1. The number of esters is 1. The zero-order valence-electron chi connectivity index (χ0n) is 29.2. The lowest BCUT2D eigenvalue weighted by Crippen LogP contribution is -2.18. The third kappa shape index (κ3) is 34.6. The lowest BCUT2D eigenvalue weighted by molar-refractivity contribution is -0.150. The van der Waals surface area contributed by atoms with E-state index in [0.29, 0.717) is 6.42 Å². The van der Waals surface area contributed by atoms with Gasteiger partial charge in [0.1, 0.15) is 6.10 Å². The molecular weight excluding hydrogens is 544 g/mol. The van der Waals surface area contributed by atoms with Gasteiger partial charge >= 0.3 is 11.9 Å². The average molecular weight is 617 g/mol. The number of allylic oxidation sites excluding steroid dienone is 6. The number of hydrogen-bond acceptors (Lipinski definition) is 3. The minimum atomic E-state index is -0.702. The van der Waals surface area contributed by atoms with Gasteiger partial charge in [-0.15, -0.1) is 0 Å². The molecule has 1 N–H and O–H groups in total. The van der Waals surface area contributed by atoms with Crippen LogP contribution in [0.4, 0.5) is 0 Å². The van der Waals surface area contributed by atoms with E-state index in [0.717, 1.165) is 83.5 Å². The van der Waals surface area contributed by atoms with E-state index in [1.54, 1.807) is 0 Å². The van der Waals surface area contributed by atoms with Crippen LogP contribution in [0.5, 0.6) is 0 Å². The van der Waals surface area contributed by atoms with Crippen LogP contribution >= 0.6 is 0 Å². The molecule has 256 valence electrons. The van der Waals surface area contributed by atoms with Crippen molar-refractivity contribution in [3.63, 3.8) is 0 Å². The van der Waals surface area contributed by atoms with Crippen molar-refractivity contribution in [1.29, 1.82) is 0 Å². The fourth-order valence-electron chi connectivity index (χ4n) is 5.61. The van der Waals surface area contributed by atoms with Crippen molar-refractivity contribution in [2.45, 2.75) is 206 Å². The maximum atomic E-state index is 12.6. The Labute approximate surface area is 273 Å². The van der Waals surface area contributed by atoms with E-state index < -0.39 is 5.97 Å². The summed E-state index contributed by atoms with van der Waals surface area (Å²) in [7, 11) is 0. The van der Waals surface area contributed by atoms with Gasteiger partial charge in [0.2, 0.25) is 0 Å². The molecule has 0 bridgehead atoms. The van der Waals surface area contributed by atoms with E-state index in [1.807, 2.05) is 0 Å². The highest BCUT2D eigenvalue weighted by molar-refractivity contribution is 5.69. The zero-order valence-corrected chi connectivity index (χ0v) is 29.2. The van der Waals surface area contributed by atoms with Gasteiger partial charge in [-0.25, -0.2) is 0 Å². The summed E-state index contributed by atoms with van der Waals surface area (Å²) in [6, 6.07) is 0. The van der Waals surface area contributed by atoms with Gasteiger partial charge in [-0.05, 0) is 70.6 Å². The Morgan fingerprint density at radius 1 is 0.523 bits per heavy atom. The van der Waals surface area contributed by atoms with Crippen molar-refractivity contribution in [1.82, 2.24) is 0 Å². The number of rotatable bonds is 34. The number of carbonyl (C=O) groups is 2. The molecule has 0 aliphatic carbocycles. The maximum Gasteiger partial charge on any atom is 0.306 e. The number of carboxylic acids is 1. The van der Waals surface area contributed by atoms with Gasteiger partial charge < -0.3 is 9.84 Å². The molecule has 0 rings (SSSR count). The molecular formula is C40H72O4. The fourth-order valence-corrected chi connectivity index (χ4v) is 5.61. The van der Waals surface area contributed by atoms with Crippen LogP contribution in [0.1, 0.15) is 200 Å². The first-order valence-electron chi connectivity index (χ1n) is 19.0. The highest BCUT2D eigenvalue weighted by Crippen LogP contribution is 2.19. The van der Waals surface area contributed by atoms with Crippen LogP contribution in [0.15, 0.2) is 36.5 Å². The van der Waals surface area contributed by atoms with Crippen LogP contribution in [-0.4, -0.2) is 23.1 Å². The molecule has 0 saturated heterocycles. The van der Waals surface area contributed by atoms with E-state index >= 15 is 0 Å². The smallest absolute Gasteiger partial charge is 0.306 e. The Morgan fingerprint density at radius 3 is 1.48 bits per heavy atom. The maximum absolute atomic E-state index is 12.6. The molecule has 0 amide bonds. The van der Waals surface area contributed by atoms with Gasteiger partial charge in [-0.3, -0.25) is 9.59 Å². The highest BCUT2D eigenvalue weighted by atomic mass is 16.5. The predicted octanol–water partition coefficient (Wildman–Crippen LogP) is 13.0. The van der Waals surface area contributed by atoms with Crippen LogP contribution in [0, 0.1) is 0 Å². The van der Waals surface area contributed by atoms with Crippen molar-refractivity contribution in [2.24, 2.45) is 0 Å². The van der Waals surface area contributed by atoms with Crippen LogP contribution in [0.3, 0.4) is 0 Å². The Bertz CT molecular complexity index is 708. The second-order valence-corrected chi connectivity index (χ2v) is 12.7. The van der Waals surface area contributed by atoms with E-state index in [9.17, 15) is 9.59 Å². The van der Waals surface area contributed by atoms with Crippen molar-refractivity contribution >= 4 is 11.9 Å². The predicted molar refractivity (Wildman–Crippen MR) is 190 cm³/mol. The van der Waals surface area contributed by atoms with Crippen molar-refractivity contribution in [2.75, 3.05) is 0 Å². The van der Waals surface area contributed by atoms with E-state index in [-0.39, 0.29) is 18.5 Å². The number of hydrogen-bond donors (Lipinski definition) is 1. The highest BCUT2D eigenvalue weighted by Gasteiger charge is 2.14. The van der Waals surface area contributed by atoms with Gasteiger partial charge in [-0.1, -0.05) is 153 Å². The Morgan fingerprint density at radius 2 is 0.955 bits per heavy atom. The van der Waals surface area contributed by atoms with Gasteiger partial charge in [0.25, 0.3) is 0 Å². The molecule has 0 radical (unpaired) electrons. The normalized spacial score (nSPS) is 12.6. The first-order valence-corrected chi connectivity index (χ1v) is 19.0. The molecule has 0 spiro atoms. The lowest BCUT2D eigenvalue weighted by Gasteiger charge is -2.18. The van der Waals surface area contributed by atoms with Gasteiger partial charge in [0.15, 0.2) is 0 Å². The summed E-state index contributed by atoms with van der Waals surface area (Å²) in [6.07, 6.45) is 45.9.